The maximum Gasteiger partial charge on any atom is 0.256 e. The van der Waals surface area contributed by atoms with E-state index in [0.717, 1.165) is 35.8 Å². The number of hydrogen-bond donors (Lipinski definition) is 0. The Balaban J connectivity index is 1.52. The number of nitrogens with zero attached hydrogens (tertiary/aromatic N) is 4. The summed E-state index contributed by atoms with van der Waals surface area (Å²) in [6, 6.07) is 16.9. The van der Waals surface area contributed by atoms with Crippen LogP contribution in [0.15, 0.2) is 53.6 Å². The summed E-state index contributed by atoms with van der Waals surface area (Å²) in [6.07, 6.45) is 0.757. The van der Waals surface area contributed by atoms with Crippen LogP contribution >= 0.6 is 11.6 Å². The number of fused-ring (bicyclic) bond motifs is 1. The minimum absolute atomic E-state index is 0.00232. The Bertz CT molecular complexity index is 933. The van der Waals surface area contributed by atoms with Crippen molar-refractivity contribution in [1.29, 1.82) is 5.26 Å². The SMILES string of the molecule is N#Cc1cccc(N2N=C3CN(Cc4cccc(Cl)c4)CCC3C2=O)c1. The third kappa shape index (κ3) is 3.22. The molecule has 2 aromatic carbocycles. The van der Waals surface area contributed by atoms with E-state index in [0.29, 0.717) is 17.8 Å². The molecule has 1 saturated heterocycles. The summed E-state index contributed by atoms with van der Waals surface area (Å²) >= 11 is 6.07. The smallest absolute Gasteiger partial charge is 0.256 e. The molecule has 1 unspecified atom stereocenters. The van der Waals surface area contributed by atoms with Crippen molar-refractivity contribution in [3.05, 3.63) is 64.7 Å². The largest absolute Gasteiger partial charge is 0.293 e. The van der Waals surface area contributed by atoms with Crippen LogP contribution in [0.2, 0.25) is 5.02 Å². The molecule has 0 bridgehead atoms. The normalized spacial score (nSPS) is 19.8. The number of nitriles is 1. The van der Waals surface area contributed by atoms with E-state index in [2.05, 4.69) is 22.1 Å². The molecule has 1 fully saturated rings. The van der Waals surface area contributed by atoms with E-state index in [1.54, 1.807) is 18.2 Å². The number of halogens is 1. The minimum Gasteiger partial charge on any atom is -0.293 e. The molecule has 4 rings (SSSR count). The van der Waals surface area contributed by atoms with Gasteiger partial charge >= 0.3 is 0 Å². The fraction of sp³-hybridized carbons (Fsp3) is 0.250. The maximum absolute atomic E-state index is 12.7. The molecule has 130 valence electrons. The van der Waals surface area contributed by atoms with Gasteiger partial charge in [0.15, 0.2) is 0 Å². The molecule has 0 N–H and O–H groups in total. The molecule has 2 aromatic rings. The van der Waals surface area contributed by atoms with Crippen LogP contribution in [0, 0.1) is 17.2 Å². The van der Waals surface area contributed by atoms with E-state index in [4.69, 9.17) is 16.9 Å². The molecule has 0 aromatic heterocycles. The van der Waals surface area contributed by atoms with Crippen molar-refractivity contribution in [3.63, 3.8) is 0 Å². The number of hydrogen-bond acceptors (Lipinski definition) is 4. The van der Waals surface area contributed by atoms with Gasteiger partial charge in [-0.3, -0.25) is 9.69 Å². The highest BCUT2D eigenvalue weighted by Crippen LogP contribution is 2.29. The molecule has 26 heavy (non-hydrogen) atoms. The predicted octanol–water partition coefficient (Wildman–Crippen LogP) is 3.44. The number of carbonyl (C=O) groups is 1. The van der Waals surface area contributed by atoms with Gasteiger partial charge in [0, 0.05) is 24.7 Å². The van der Waals surface area contributed by atoms with Crippen molar-refractivity contribution in [2.45, 2.75) is 13.0 Å². The van der Waals surface area contributed by atoms with Gasteiger partial charge in [0.25, 0.3) is 5.91 Å². The summed E-state index contributed by atoms with van der Waals surface area (Å²) in [5.74, 6) is -0.158. The average molecular weight is 365 g/mol. The fourth-order valence-corrected chi connectivity index (χ4v) is 3.72. The zero-order chi connectivity index (χ0) is 18.1. The van der Waals surface area contributed by atoms with E-state index < -0.39 is 0 Å². The number of amides is 1. The lowest BCUT2D eigenvalue weighted by molar-refractivity contribution is -0.120. The number of piperidine rings is 1. The van der Waals surface area contributed by atoms with Gasteiger partial charge < -0.3 is 0 Å². The lowest BCUT2D eigenvalue weighted by Crippen LogP contribution is -2.41. The van der Waals surface area contributed by atoms with Crippen molar-refractivity contribution in [2.75, 3.05) is 18.1 Å². The molecule has 6 heteroatoms. The first-order valence-corrected chi connectivity index (χ1v) is 8.90. The number of hydrazone groups is 1. The summed E-state index contributed by atoms with van der Waals surface area (Å²) in [4.78, 5) is 15.0. The summed E-state index contributed by atoms with van der Waals surface area (Å²) < 4.78 is 0. The van der Waals surface area contributed by atoms with Crippen LogP contribution in [0.5, 0.6) is 0 Å². The molecule has 2 aliphatic rings. The van der Waals surface area contributed by atoms with Crippen molar-refractivity contribution < 1.29 is 4.79 Å². The molecular weight excluding hydrogens is 348 g/mol. The van der Waals surface area contributed by atoms with Crippen molar-refractivity contribution in [3.8, 4) is 6.07 Å². The number of benzene rings is 2. The lowest BCUT2D eigenvalue weighted by atomic mass is 9.94. The second kappa shape index (κ2) is 6.91. The van der Waals surface area contributed by atoms with Gasteiger partial charge in [-0.1, -0.05) is 29.8 Å². The highest BCUT2D eigenvalue weighted by atomic mass is 35.5. The van der Waals surface area contributed by atoms with Gasteiger partial charge in [0.1, 0.15) is 0 Å². The zero-order valence-corrected chi connectivity index (χ0v) is 14.9. The van der Waals surface area contributed by atoms with Crippen LogP contribution in [0.3, 0.4) is 0 Å². The third-order valence-electron chi connectivity index (χ3n) is 4.77. The van der Waals surface area contributed by atoms with E-state index in [9.17, 15) is 4.79 Å². The highest BCUT2D eigenvalue weighted by Gasteiger charge is 2.39. The maximum atomic E-state index is 12.7. The molecule has 1 atom stereocenters. The summed E-state index contributed by atoms with van der Waals surface area (Å²) in [5.41, 5.74) is 3.22. The number of anilines is 1. The Kier molecular flexibility index (Phi) is 4.46. The van der Waals surface area contributed by atoms with E-state index in [1.165, 1.54) is 5.01 Å². The number of rotatable bonds is 3. The van der Waals surface area contributed by atoms with Gasteiger partial charge in [-0.25, -0.2) is 5.01 Å². The zero-order valence-electron chi connectivity index (χ0n) is 14.1. The van der Waals surface area contributed by atoms with Crippen molar-refractivity contribution >= 4 is 28.9 Å². The van der Waals surface area contributed by atoms with E-state index >= 15 is 0 Å². The molecule has 0 aliphatic carbocycles. The highest BCUT2D eigenvalue weighted by molar-refractivity contribution is 6.30. The molecule has 0 saturated carbocycles. The Morgan fingerprint density at radius 2 is 2.08 bits per heavy atom. The Hall–Kier alpha value is -2.68. The van der Waals surface area contributed by atoms with Gasteiger partial charge in [-0.15, -0.1) is 0 Å². The third-order valence-corrected chi connectivity index (χ3v) is 5.01. The first-order valence-electron chi connectivity index (χ1n) is 8.52. The Morgan fingerprint density at radius 1 is 1.23 bits per heavy atom. The molecule has 0 spiro atoms. The van der Waals surface area contributed by atoms with Gasteiger partial charge in [0.2, 0.25) is 0 Å². The second-order valence-corrected chi connectivity index (χ2v) is 7.02. The number of carbonyl (C=O) groups excluding carboxylic acids is 1. The molecule has 2 heterocycles. The molecule has 1 amide bonds. The van der Waals surface area contributed by atoms with E-state index in [-0.39, 0.29) is 11.8 Å². The molecule has 5 nitrogen and oxygen atoms in total. The first-order chi connectivity index (χ1) is 12.6. The van der Waals surface area contributed by atoms with Crippen LogP contribution in [-0.4, -0.2) is 29.6 Å². The Morgan fingerprint density at radius 3 is 2.88 bits per heavy atom. The first kappa shape index (κ1) is 16.8. The van der Waals surface area contributed by atoms with Crippen LogP contribution in [0.4, 0.5) is 5.69 Å². The second-order valence-electron chi connectivity index (χ2n) is 6.59. The lowest BCUT2D eigenvalue weighted by Gasteiger charge is -2.29. The summed E-state index contributed by atoms with van der Waals surface area (Å²) in [5, 5.41) is 15.8. The minimum atomic E-state index is -0.156. The van der Waals surface area contributed by atoms with Crippen LogP contribution < -0.4 is 5.01 Å². The monoisotopic (exact) mass is 364 g/mol. The predicted molar refractivity (Wildman–Crippen MR) is 101 cm³/mol. The fourth-order valence-electron chi connectivity index (χ4n) is 3.51. The van der Waals surface area contributed by atoms with Crippen LogP contribution in [0.1, 0.15) is 17.5 Å². The van der Waals surface area contributed by atoms with Gasteiger partial charge in [0.05, 0.1) is 28.9 Å². The van der Waals surface area contributed by atoms with E-state index in [1.807, 2.05) is 24.3 Å². The Labute approximate surface area is 157 Å². The molecular formula is C20H17ClN4O. The summed E-state index contributed by atoms with van der Waals surface area (Å²) in [7, 11) is 0. The molecule has 2 aliphatic heterocycles. The van der Waals surface area contributed by atoms with Crippen LogP contribution in [-0.2, 0) is 11.3 Å². The quantitative estimate of drug-likeness (QED) is 0.838. The van der Waals surface area contributed by atoms with Gasteiger partial charge in [-0.05, 0) is 42.3 Å². The topological polar surface area (TPSA) is 59.7 Å². The average Bonchev–Trinajstić information content (AvgIpc) is 2.98. The van der Waals surface area contributed by atoms with Gasteiger partial charge in [-0.2, -0.15) is 10.4 Å². The summed E-state index contributed by atoms with van der Waals surface area (Å²) in [6.45, 7) is 2.29. The standard InChI is InChI=1S/C20H17ClN4O/c21-16-5-1-4-15(9-16)12-24-8-7-18-19(13-24)23-25(20(18)26)17-6-2-3-14(10-17)11-22/h1-6,9-10,18H,7-8,12-13H2. The van der Waals surface area contributed by atoms with Crippen LogP contribution in [0.25, 0.3) is 0 Å². The molecule has 0 radical (unpaired) electrons. The van der Waals surface area contributed by atoms with Crippen molar-refractivity contribution in [1.82, 2.24) is 4.90 Å². The van der Waals surface area contributed by atoms with Crippen molar-refractivity contribution in [2.24, 2.45) is 11.0 Å². The number of likely N-dealkylation sites (tertiary alicyclic amines) is 1.